The normalized spacial score (nSPS) is 11.3. The zero-order valence-corrected chi connectivity index (χ0v) is 13.7. The molecule has 0 unspecified atom stereocenters. The summed E-state index contributed by atoms with van der Waals surface area (Å²) in [6, 6.07) is 14.0. The zero-order valence-electron chi connectivity index (χ0n) is 12.9. The maximum Gasteiger partial charge on any atom is 0.165 e. The fraction of sp³-hybridized carbons (Fsp3) is 0.235. The molecule has 23 heavy (non-hydrogen) atoms. The fourth-order valence-corrected chi connectivity index (χ4v) is 2.43. The van der Waals surface area contributed by atoms with E-state index in [-0.39, 0.29) is 11.6 Å². The molecule has 0 heterocycles. The van der Waals surface area contributed by atoms with Crippen molar-refractivity contribution in [2.45, 2.75) is 6.54 Å². The highest BCUT2D eigenvalue weighted by atomic mass is 32.2. The van der Waals surface area contributed by atoms with Crippen molar-refractivity contribution in [3.8, 4) is 11.5 Å². The van der Waals surface area contributed by atoms with Crippen LogP contribution in [-0.2, 0) is 6.54 Å². The highest BCUT2D eigenvalue weighted by molar-refractivity contribution is 8.13. The molecule has 4 nitrogen and oxygen atoms in total. The van der Waals surface area contributed by atoms with E-state index < -0.39 is 0 Å². The standard InChI is InChI=1S/C17H19FN2O2S/c1-21-15-8-4-2-6-13(15)12-20-17(19)23-11-10-22-16-9-5-3-7-14(16)18/h2-9H,10-12H2,1H3,(H2,19,20). The maximum absolute atomic E-state index is 13.4. The molecule has 0 aliphatic rings. The number of nitrogens with two attached hydrogens (primary N) is 1. The first kappa shape index (κ1) is 17.1. The minimum atomic E-state index is -0.365. The van der Waals surface area contributed by atoms with Gasteiger partial charge in [0, 0.05) is 11.3 Å². The van der Waals surface area contributed by atoms with Gasteiger partial charge >= 0.3 is 0 Å². The molecule has 0 aromatic heterocycles. The van der Waals surface area contributed by atoms with E-state index in [1.165, 1.54) is 17.8 Å². The van der Waals surface area contributed by atoms with E-state index in [2.05, 4.69) is 4.99 Å². The van der Waals surface area contributed by atoms with Crippen LogP contribution in [0.25, 0.3) is 0 Å². The highest BCUT2D eigenvalue weighted by Gasteiger charge is 2.03. The Kier molecular flexibility index (Phi) is 6.75. The monoisotopic (exact) mass is 334 g/mol. The Bertz CT molecular complexity index is 665. The van der Waals surface area contributed by atoms with E-state index in [0.717, 1.165) is 11.3 Å². The Labute approximate surface area is 139 Å². The first-order chi connectivity index (χ1) is 11.2. The van der Waals surface area contributed by atoms with E-state index in [0.29, 0.717) is 24.1 Å². The largest absolute Gasteiger partial charge is 0.496 e. The third-order valence-corrected chi connectivity index (χ3v) is 3.82. The number of para-hydroxylation sites is 2. The second-order valence-electron chi connectivity index (χ2n) is 4.59. The zero-order chi connectivity index (χ0) is 16.5. The molecule has 0 fully saturated rings. The van der Waals surface area contributed by atoms with Crippen LogP contribution in [0.2, 0.25) is 0 Å². The summed E-state index contributed by atoms with van der Waals surface area (Å²) in [5.74, 6) is 1.26. The predicted octanol–water partition coefficient (Wildman–Crippen LogP) is 3.46. The van der Waals surface area contributed by atoms with Crippen molar-refractivity contribution in [3.63, 3.8) is 0 Å². The first-order valence-corrected chi connectivity index (χ1v) is 8.11. The van der Waals surface area contributed by atoms with Crippen molar-refractivity contribution in [1.29, 1.82) is 0 Å². The van der Waals surface area contributed by atoms with Crippen molar-refractivity contribution in [3.05, 3.63) is 59.9 Å². The van der Waals surface area contributed by atoms with Crippen molar-refractivity contribution in [1.82, 2.24) is 0 Å². The molecule has 2 aromatic carbocycles. The van der Waals surface area contributed by atoms with Crippen molar-refractivity contribution in [2.75, 3.05) is 19.5 Å². The van der Waals surface area contributed by atoms with E-state index in [1.54, 1.807) is 25.3 Å². The van der Waals surface area contributed by atoms with Gasteiger partial charge in [-0.25, -0.2) is 4.39 Å². The van der Waals surface area contributed by atoms with Crippen molar-refractivity contribution in [2.24, 2.45) is 10.7 Å². The molecule has 122 valence electrons. The summed E-state index contributed by atoms with van der Waals surface area (Å²) < 4.78 is 24.0. The number of hydrogen-bond donors (Lipinski definition) is 1. The smallest absolute Gasteiger partial charge is 0.165 e. The molecule has 0 amide bonds. The summed E-state index contributed by atoms with van der Waals surface area (Å²) in [6.07, 6.45) is 0. The molecule has 0 radical (unpaired) electrons. The maximum atomic E-state index is 13.4. The Morgan fingerprint density at radius 1 is 1.13 bits per heavy atom. The predicted molar refractivity (Wildman–Crippen MR) is 92.7 cm³/mol. The van der Waals surface area contributed by atoms with E-state index in [9.17, 15) is 4.39 Å². The number of rotatable bonds is 7. The molecule has 0 aliphatic heterocycles. The summed E-state index contributed by atoms with van der Waals surface area (Å²) in [4.78, 5) is 4.31. The Morgan fingerprint density at radius 3 is 2.57 bits per heavy atom. The van der Waals surface area contributed by atoms with Gasteiger partial charge in [0.25, 0.3) is 0 Å². The van der Waals surface area contributed by atoms with E-state index in [1.807, 2.05) is 24.3 Å². The molecule has 2 N–H and O–H groups in total. The number of hydrogen-bond acceptors (Lipinski definition) is 4. The number of methoxy groups -OCH3 is 1. The van der Waals surface area contributed by atoms with Gasteiger partial charge in [-0.3, -0.25) is 4.99 Å². The number of halogens is 1. The summed E-state index contributed by atoms with van der Waals surface area (Å²) in [6.45, 7) is 0.813. The van der Waals surface area contributed by atoms with Gasteiger partial charge in [0.2, 0.25) is 0 Å². The molecule has 6 heteroatoms. The summed E-state index contributed by atoms with van der Waals surface area (Å²) in [5, 5.41) is 0.466. The van der Waals surface area contributed by atoms with Gasteiger partial charge in [0.05, 0.1) is 20.3 Å². The van der Waals surface area contributed by atoms with Crippen LogP contribution in [0.15, 0.2) is 53.5 Å². The molecule has 2 aromatic rings. The lowest BCUT2D eigenvalue weighted by atomic mass is 10.2. The summed E-state index contributed by atoms with van der Waals surface area (Å²) in [5.41, 5.74) is 6.84. The lowest BCUT2D eigenvalue weighted by molar-refractivity contribution is 0.325. The molecule has 0 aliphatic carbocycles. The number of nitrogens with zero attached hydrogens (tertiary/aromatic N) is 1. The minimum absolute atomic E-state index is 0.248. The van der Waals surface area contributed by atoms with Gasteiger partial charge in [-0.1, -0.05) is 42.1 Å². The lowest BCUT2D eigenvalue weighted by Gasteiger charge is -2.07. The molecule has 0 spiro atoms. The molecule has 0 saturated carbocycles. The lowest BCUT2D eigenvalue weighted by Crippen LogP contribution is -2.11. The van der Waals surface area contributed by atoms with Crippen LogP contribution in [0.1, 0.15) is 5.56 Å². The third kappa shape index (κ3) is 5.49. The van der Waals surface area contributed by atoms with Crippen LogP contribution in [0.5, 0.6) is 11.5 Å². The van der Waals surface area contributed by atoms with Crippen LogP contribution < -0.4 is 15.2 Å². The van der Waals surface area contributed by atoms with Gasteiger partial charge in [-0.2, -0.15) is 0 Å². The average Bonchev–Trinajstić information content (AvgIpc) is 2.58. The summed E-state index contributed by atoms with van der Waals surface area (Å²) in [7, 11) is 1.63. The number of amidine groups is 1. The van der Waals surface area contributed by atoms with Gasteiger partial charge in [0.1, 0.15) is 5.75 Å². The molecule has 0 saturated heterocycles. The number of benzene rings is 2. The van der Waals surface area contributed by atoms with Crippen LogP contribution in [0, 0.1) is 5.82 Å². The van der Waals surface area contributed by atoms with Crippen molar-refractivity contribution >= 4 is 16.9 Å². The second-order valence-corrected chi connectivity index (χ2v) is 5.71. The molecule has 2 rings (SSSR count). The van der Waals surface area contributed by atoms with E-state index >= 15 is 0 Å². The highest BCUT2D eigenvalue weighted by Crippen LogP contribution is 2.19. The Hall–Kier alpha value is -2.21. The molecular weight excluding hydrogens is 315 g/mol. The Balaban J connectivity index is 1.76. The van der Waals surface area contributed by atoms with Crippen LogP contribution in [0.4, 0.5) is 4.39 Å². The van der Waals surface area contributed by atoms with Crippen LogP contribution in [-0.4, -0.2) is 24.6 Å². The number of thioether (sulfide) groups is 1. The van der Waals surface area contributed by atoms with Crippen LogP contribution in [0.3, 0.4) is 0 Å². The van der Waals surface area contributed by atoms with Crippen LogP contribution >= 0.6 is 11.8 Å². The van der Waals surface area contributed by atoms with E-state index in [4.69, 9.17) is 15.2 Å². The molecule has 0 bridgehead atoms. The fourth-order valence-electron chi connectivity index (χ4n) is 1.90. The quantitative estimate of drug-likeness (QED) is 0.479. The van der Waals surface area contributed by atoms with Gasteiger partial charge in [-0.15, -0.1) is 0 Å². The Morgan fingerprint density at radius 2 is 1.83 bits per heavy atom. The topological polar surface area (TPSA) is 56.8 Å². The third-order valence-electron chi connectivity index (χ3n) is 3.03. The first-order valence-electron chi connectivity index (χ1n) is 7.12. The molecular formula is C17H19FN2O2S. The SMILES string of the molecule is COc1ccccc1CN=C(N)SCCOc1ccccc1F. The number of ether oxygens (including phenoxy) is 2. The average molecular weight is 334 g/mol. The van der Waals surface area contributed by atoms with Crippen molar-refractivity contribution < 1.29 is 13.9 Å². The second kappa shape index (κ2) is 9.05. The van der Waals surface area contributed by atoms with Gasteiger partial charge in [0.15, 0.2) is 16.7 Å². The molecule has 0 atom stereocenters. The van der Waals surface area contributed by atoms with Gasteiger partial charge in [-0.05, 0) is 18.2 Å². The number of aliphatic imine (C=N–C) groups is 1. The summed E-state index contributed by atoms with van der Waals surface area (Å²) >= 11 is 1.37. The minimum Gasteiger partial charge on any atom is -0.496 e. The van der Waals surface area contributed by atoms with Gasteiger partial charge < -0.3 is 15.2 Å².